The van der Waals surface area contributed by atoms with Crippen molar-refractivity contribution in [2.75, 3.05) is 24.3 Å². The van der Waals surface area contributed by atoms with Crippen LogP contribution in [-0.4, -0.2) is 47.3 Å². The Bertz CT molecular complexity index is 1140. The fourth-order valence-corrected chi connectivity index (χ4v) is 5.28. The second kappa shape index (κ2) is 11.1. The van der Waals surface area contributed by atoms with Crippen LogP contribution in [0.4, 0.5) is 5.69 Å². The van der Waals surface area contributed by atoms with Gasteiger partial charge in [0, 0.05) is 18.7 Å². The number of amides is 2. The number of methoxy groups -OCH3 is 1. The lowest BCUT2D eigenvalue weighted by molar-refractivity contribution is -0.131. The van der Waals surface area contributed by atoms with Crippen molar-refractivity contribution in [2.24, 2.45) is 4.99 Å². The van der Waals surface area contributed by atoms with Gasteiger partial charge in [-0.1, -0.05) is 55.9 Å². The quantitative estimate of drug-likeness (QED) is 0.487. The van der Waals surface area contributed by atoms with E-state index in [1.807, 2.05) is 47.4 Å². The van der Waals surface area contributed by atoms with Crippen LogP contribution in [0.25, 0.3) is 6.08 Å². The van der Waals surface area contributed by atoms with Crippen molar-refractivity contribution in [2.45, 2.75) is 52.0 Å². The van der Waals surface area contributed by atoms with Crippen LogP contribution in [0, 0.1) is 0 Å². The molecule has 1 saturated heterocycles. The molecule has 0 N–H and O–H groups in total. The van der Waals surface area contributed by atoms with E-state index in [0.717, 1.165) is 31.4 Å². The van der Waals surface area contributed by atoms with Crippen LogP contribution >= 0.6 is 11.8 Å². The molecule has 35 heavy (non-hydrogen) atoms. The van der Waals surface area contributed by atoms with E-state index in [9.17, 15) is 9.59 Å². The molecule has 2 heterocycles. The molecule has 184 valence electrons. The monoisotopic (exact) mass is 491 g/mol. The molecule has 0 radical (unpaired) electrons. The second-order valence-corrected chi connectivity index (χ2v) is 10.3. The fourth-order valence-electron chi connectivity index (χ4n) is 4.38. The number of hydrogen-bond acceptors (Lipinski definition) is 5. The van der Waals surface area contributed by atoms with E-state index < -0.39 is 0 Å². The zero-order valence-corrected chi connectivity index (χ0v) is 21.7. The van der Waals surface area contributed by atoms with E-state index in [4.69, 9.17) is 4.74 Å². The number of piperidine rings is 1. The van der Waals surface area contributed by atoms with Crippen LogP contribution in [0.5, 0.6) is 5.75 Å². The third kappa shape index (κ3) is 5.78. The summed E-state index contributed by atoms with van der Waals surface area (Å²) in [7, 11) is 1.60. The number of ether oxygens (including phenoxy) is 1. The van der Waals surface area contributed by atoms with Gasteiger partial charge in [0.2, 0.25) is 5.91 Å². The minimum Gasteiger partial charge on any atom is -0.497 e. The Morgan fingerprint density at radius 1 is 1.20 bits per heavy atom. The Morgan fingerprint density at radius 3 is 2.66 bits per heavy atom. The molecule has 0 aliphatic carbocycles. The topological polar surface area (TPSA) is 62.2 Å². The molecule has 0 bridgehead atoms. The lowest BCUT2D eigenvalue weighted by Crippen LogP contribution is -2.43. The first-order chi connectivity index (χ1) is 16.9. The normalized spacial score (nSPS) is 19.5. The zero-order chi connectivity index (χ0) is 24.9. The molecule has 4 rings (SSSR count). The summed E-state index contributed by atoms with van der Waals surface area (Å²) < 4.78 is 5.37. The first kappa shape index (κ1) is 25.0. The van der Waals surface area contributed by atoms with Gasteiger partial charge in [0.1, 0.15) is 11.4 Å². The number of thioether (sulfide) groups is 1. The molecule has 6 nitrogen and oxygen atoms in total. The lowest BCUT2D eigenvalue weighted by atomic mass is 10.0. The smallest absolute Gasteiger partial charge is 0.283 e. The zero-order valence-electron chi connectivity index (χ0n) is 20.9. The summed E-state index contributed by atoms with van der Waals surface area (Å²) in [6.45, 7) is 7.20. The highest BCUT2D eigenvalue weighted by Crippen LogP contribution is 2.32. The van der Waals surface area contributed by atoms with Crippen molar-refractivity contribution in [1.29, 1.82) is 0 Å². The van der Waals surface area contributed by atoms with E-state index in [0.29, 0.717) is 28.2 Å². The number of carbonyl (C=O) groups is 2. The Labute approximate surface area is 212 Å². The molecule has 2 aliphatic rings. The van der Waals surface area contributed by atoms with Gasteiger partial charge >= 0.3 is 0 Å². The number of carbonyl (C=O) groups excluding carboxylic acids is 2. The van der Waals surface area contributed by atoms with Crippen molar-refractivity contribution in [1.82, 2.24) is 4.90 Å². The molecule has 7 heteroatoms. The van der Waals surface area contributed by atoms with Crippen molar-refractivity contribution in [3.05, 3.63) is 65.4 Å². The molecule has 2 amide bonds. The summed E-state index contributed by atoms with van der Waals surface area (Å²) in [6.07, 6.45) is 5.05. The maximum absolute atomic E-state index is 13.5. The summed E-state index contributed by atoms with van der Waals surface area (Å²) in [5, 5.41) is 0.506. The van der Waals surface area contributed by atoms with Gasteiger partial charge in [0.05, 0.1) is 18.6 Å². The van der Waals surface area contributed by atoms with Crippen LogP contribution in [0.1, 0.15) is 57.1 Å². The van der Waals surface area contributed by atoms with Gasteiger partial charge in [0.15, 0.2) is 5.17 Å². The number of hydrogen-bond donors (Lipinski definition) is 0. The third-order valence-corrected chi connectivity index (χ3v) is 7.42. The van der Waals surface area contributed by atoms with Crippen molar-refractivity contribution < 1.29 is 14.3 Å². The van der Waals surface area contributed by atoms with E-state index in [2.05, 4.69) is 37.9 Å². The SMILES string of the molecule is COc1cccc(N2C(=O)/C(=C\c3ccc(C(C)C)cc3)N=C2SCC(=O)N2CCCCC2C)c1. The van der Waals surface area contributed by atoms with Gasteiger partial charge in [-0.15, -0.1) is 0 Å². The van der Waals surface area contributed by atoms with E-state index in [1.54, 1.807) is 12.0 Å². The molecule has 0 aromatic heterocycles. The molecule has 0 spiro atoms. The van der Waals surface area contributed by atoms with Crippen LogP contribution in [0.15, 0.2) is 59.2 Å². The maximum Gasteiger partial charge on any atom is 0.283 e. The average molecular weight is 492 g/mol. The van der Waals surface area contributed by atoms with E-state index in [-0.39, 0.29) is 23.6 Å². The minimum absolute atomic E-state index is 0.0876. The molecule has 1 unspecified atom stereocenters. The number of benzene rings is 2. The molecule has 2 aliphatic heterocycles. The summed E-state index contributed by atoms with van der Waals surface area (Å²) in [5.41, 5.74) is 3.18. The predicted octanol–water partition coefficient (Wildman–Crippen LogP) is 5.70. The number of aliphatic imine (C=N–C) groups is 1. The molecule has 1 atom stereocenters. The molecular weight excluding hydrogens is 458 g/mol. The molecule has 2 aromatic rings. The Kier molecular flexibility index (Phi) is 7.96. The highest BCUT2D eigenvalue weighted by molar-refractivity contribution is 8.14. The molecule has 0 saturated carbocycles. The largest absolute Gasteiger partial charge is 0.497 e. The summed E-state index contributed by atoms with van der Waals surface area (Å²) in [6, 6.07) is 15.8. The number of likely N-dealkylation sites (tertiary alicyclic amines) is 1. The highest BCUT2D eigenvalue weighted by atomic mass is 32.2. The molecule has 2 aromatic carbocycles. The number of nitrogens with zero attached hydrogens (tertiary/aromatic N) is 3. The van der Waals surface area contributed by atoms with Crippen molar-refractivity contribution >= 4 is 40.5 Å². The van der Waals surface area contributed by atoms with E-state index >= 15 is 0 Å². The first-order valence-electron chi connectivity index (χ1n) is 12.2. The number of rotatable bonds is 6. The fraction of sp³-hybridized carbons (Fsp3) is 0.393. The van der Waals surface area contributed by atoms with Crippen molar-refractivity contribution in [3.8, 4) is 5.75 Å². The Balaban J connectivity index is 1.60. The summed E-state index contributed by atoms with van der Waals surface area (Å²) in [4.78, 5) is 34.7. The van der Waals surface area contributed by atoms with Gasteiger partial charge in [-0.3, -0.25) is 14.5 Å². The number of amidine groups is 1. The Hall–Kier alpha value is -3.06. The highest BCUT2D eigenvalue weighted by Gasteiger charge is 2.33. The summed E-state index contributed by atoms with van der Waals surface area (Å²) in [5.74, 6) is 1.21. The van der Waals surface area contributed by atoms with Crippen LogP contribution < -0.4 is 9.64 Å². The van der Waals surface area contributed by atoms with Gasteiger partial charge in [-0.05, 0) is 61.4 Å². The van der Waals surface area contributed by atoms with Crippen LogP contribution in [0.3, 0.4) is 0 Å². The van der Waals surface area contributed by atoms with Crippen LogP contribution in [-0.2, 0) is 9.59 Å². The Morgan fingerprint density at radius 2 is 1.97 bits per heavy atom. The minimum atomic E-state index is -0.215. The molecule has 1 fully saturated rings. The van der Waals surface area contributed by atoms with Crippen LogP contribution in [0.2, 0.25) is 0 Å². The maximum atomic E-state index is 13.5. The first-order valence-corrected chi connectivity index (χ1v) is 13.2. The molecular formula is C28H33N3O3S. The van der Waals surface area contributed by atoms with Gasteiger partial charge in [-0.25, -0.2) is 4.99 Å². The van der Waals surface area contributed by atoms with Crippen molar-refractivity contribution in [3.63, 3.8) is 0 Å². The van der Waals surface area contributed by atoms with Gasteiger partial charge in [0.25, 0.3) is 5.91 Å². The predicted molar refractivity (Wildman–Crippen MR) is 144 cm³/mol. The van der Waals surface area contributed by atoms with Gasteiger partial charge < -0.3 is 9.64 Å². The van der Waals surface area contributed by atoms with E-state index in [1.165, 1.54) is 17.3 Å². The second-order valence-electron chi connectivity index (χ2n) is 9.31. The average Bonchev–Trinajstić information content (AvgIpc) is 3.17. The number of anilines is 1. The standard InChI is InChI=1S/C28H33N3O3S/c1-19(2)22-13-11-21(12-14-22)16-25-27(33)31(23-9-7-10-24(17-23)34-4)28(29-25)35-18-26(32)30-15-6-5-8-20(30)3/h7,9-14,16-17,19-20H,5-6,8,15,18H2,1-4H3/b25-16+. The van der Waals surface area contributed by atoms with Gasteiger partial charge in [-0.2, -0.15) is 0 Å². The summed E-state index contributed by atoms with van der Waals surface area (Å²) >= 11 is 1.31. The lowest BCUT2D eigenvalue weighted by Gasteiger charge is -2.33. The third-order valence-electron chi connectivity index (χ3n) is 6.50.